The van der Waals surface area contributed by atoms with Gasteiger partial charge in [-0.2, -0.15) is 0 Å². The van der Waals surface area contributed by atoms with E-state index >= 15 is 0 Å². The number of fused-ring (bicyclic) bond motifs is 1. The Balaban J connectivity index is 1.69. The minimum atomic E-state index is -0.457. The van der Waals surface area contributed by atoms with Gasteiger partial charge < -0.3 is 9.84 Å². The molecule has 3 rings (SSSR count). The highest BCUT2D eigenvalue weighted by Gasteiger charge is 2.23. The summed E-state index contributed by atoms with van der Waals surface area (Å²) in [6, 6.07) is 16.0. The zero-order valence-corrected chi connectivity index (χ0v) is 12.6. The molecular formula is C18H19ClO2. The molecule has 0 aliphatic carbocycles. The van der Waals surface area contributed by atoms with E-state index in [1.54, 1.807) is 0 Å². The Morgan fingerprint density at radius 3 is 2.76 bits per heavy atom. The van der Waals surface area contributed by atoms with Crippen molar-refractivity contribution in [1.82, 2.24) is 0 Å². The van der Waals surface area contributed by atoms with Crippen molar-refractivity contribution in [2.45, 2.75) is 31.5 Å². The van der Waals surface area contributed by atoms with Gasteiger partial charge in [0, 0.05) is 11.4 Å². The predicted octanol–water partition coefficient (Wildman–Crippen LogP) is 3.95. The van der Waals surface area contributed by atoms with E-state index in [9.17, 15) is 5.11 Å². The van der Waals surface area contributed by atoms with Crippen LogP contribution in [0.15, 0.2) is 48.5 Å². The van der Waals surface area contributed by atoms with Gasteiger partial charge in [-0.3, -0.25) is 0 Å². The number of hydrogen-bond donors (Lipinski definition) is 1. The van der Waals surface area contributed by atoms with Crippen LogP contribution in [0.5, 0.6) is 0 Å². The second kappa shape index (κ2) is 6.61. The number of hydrogen-bond acceptors (Lipinski definition) is 2. The second-order valence-corrected chi connectivity index (χ2v) is 5.90. The first-order valence-electron chi connectivity index (χ1n) is 7.35. The molecule has 1 heterocycles. The summed E-state index contributed by atoms with van der Waals surface area (Å²) in [6.45, 7) is 0.723. The third-order valence-corrected chi connectivity index (χ3v) is 4.36. The van der Waals surface area contributed by atoms with Gasteiger partial charge in [-0.15, -0.1) is 0 Å². The smallest absolute Gasteiger partial charge is 0.0852 e. The van der Waals surface area contributed by atoms with Crippen molar-refractivity contribution in [1.29, 1.82) is 0 Å². The van der Waals surface area contributed by atoms with E-state index in [1.165, 1.54) is 11.1 Å². The molecule has 1 aliphatic rings. The van der Waals surface area contributed by atoms with Crippen LogP contribution in [-0.2, 0) is 17.6 Å². The predicted molar refractivity (Wildman–Crippen MR) is 84.6 cm³/mol. The maximum atomic E-state index is 10.4. The molecule has 3 heteroatoms. The van der Waals surface area contributed by atoms with E-state index in [0.29, 0.717) is 17.9 Å². The molecule has 0 saturated carbocycles. The van der Waals surface area contributed by atoms with Gasteiger partial charge in [-0.1, -0.05) is 54.1 Å². The van der Waals surface area contributed by atoms with E-state index in [1.807, 2.05) is 30.3 Å². The molecule has 1 N–H and O–H groups in total. The van der Waals surface area contributed by atoms with Gasteiger partial charge >= 0.3 is 0 Å². The molecule has 110 valence electrons. The van der Waals surface area contributed by atoms with Gasteiger partial charge in [-0.05, 0) is 35.6 Å². The van der Waals surface area contributed by atoms with Crippen LogP contribution in [0.3, 0.4) is 0 Å². The Morgan fingerprint density at radius 2 is 1.90 bits per heavy atom. The van der Waals surface area contributed by atoms with Gasteiger partial charge in [-0.25, -0.2) is 0 Å². The fourth-order valence-corrected chi connectivity index (χ4v) is 3.13. The fraction of sp³-hybridized carbons (Fsp3) is 0.333. The van der Waals surface area contributed by atoms with Crippen molar-refractivity contribution in [2.24, 2.45) is 0 Å². The number of benzene rings is 2. The van der Waals surface area contributed by atoms with Crippen LogP contribution in [-0.4, -0.2) is 17.8 Å². The van der Waals surface area contributed by atoms with Crippen molar-refractivity contribution < 1.29 is 9.84 Å². The Morgan fingerprint density at radius 1 is 1.14 bits per heavy atom. The van der Waals surface area contributed by atoms with Crippen LogP contribution >= 0.6 is 11.6 Å². The van der Waals surface area contributed by atoms with Crippen molar-refractivity contribution in [3.05, 3.63) is 70.2 Å². The van der Waals surface area contributed by atoms with E-state index in [2.05, 4.69) is 18.2 Å². The summed E-state index contributed by atoms with van der Waals surface area (Å²) in [7, 11) is 0. The van der Waals surface area contributed by atoms with Gasteiger partial charge in [0.25, 0.3) is 0 Å². The molecule has 0 spiro atoms. The van der Waals surface area contributed by atoms with Crippen LogP contribution in [0.4, 0.5) is 0 Å². The molecule has 2 unspecified atom stereocenters. The van der Waals surface area contributed by atoms with Crippen LogP contribution in [0.1, 0.15) is 29.2 Å². The van der Waals surface area contributed by atoms with Crippen LogP contribution in [0, 0.1) is 0 Å². The summed E-state index contributed by atoms with van der Waals surface area (Å²) >= 11 is 6.15. The third-order valence-electron chi connectivity index (χ3n) is 3.99. The van der Waals surface area contributed by atoms with E-state index in [4.69, 9.17) is 16.3 Å². The Labute approximate surface area is 130 Å². The lowest BCUT2D eigenvalue weighted by Crippen LogP contribution is -2.22. The topological polar surface area (TPSA) is 29.5 Å². The summed E-state index contributed by atoms with van der Waals surface area (Å²) in [6.07, 6.45) is 1.63. The largest absolute Gasteiger partial charge is 0.393 e. The number of rotatable bonds is 4. The molecule has 0 saturated heterocycles. The third kappa shape index (κ3) is 3.46. The Kier molecular flexibility index (Phi) is 4.59. The normalized spacial score (nSPS) is 19.0. The standard InChI is InChI=1S/C18H19ClO2/c19-17-8-4-2-6-14(17)11-15(20)12-18-16-7-3-1-5-13(16)9-10-21-18/h1-8,15,18,20H,9-12H2. The summed E-state index contributed by atoms with van der Waals surface area (Å²) in [5, 5.41) is 11.1. The first-order chi connectivity index (χ1) is 10.2. The zero-order valence-electron chi connectivity index (χ0n) is 11.8. The Hall–Kier alpha value is -1.35. The lowest BCUT2D eigenvalue weighted by molar-refractivity contribution is 0.00456. The van der Waals surface area contributed by atoms with E-state index < -0.39 is 6.10 Å². The maximum absolute atomic E-state index is 10.4. The molecule has 21 heavy (non-hydrogen) atoms. The summed E-state index contributed by atoms with van der Waals surface area (Å²) in [4.78, 5) is 0. The molecule has 1 aliphatic heterocycles. The molecule has 2 aromatic carbocycles. The highest BCUT2D eigenvalue weighted by molar-refractivity contribution is 6.31. The van der Waals surface area contributed by atoms with E-state index in [0.717, 1.165) is 18.6 Å². The monoisotopic (exact) mass is 302 g/mol. The van der Waals surface area contributed by atoms with Crippen molar-refractivity contribution in [3.63, 3.8) is 0 Å². The number of aliphatic hydroxyl groups is 1. The number of ether oxygens (including phenoxy) is 1. The second-order valence-electron chi connectivity index (χ2n) is 5.49. The summed E-state index contributed by atoms with van der Waals surface area (Å²) in [5.74, 6) is 0. The molecule has 0 aromatic heterocycles. The number of aliphatic hydroxyl groups excluding tert-OH is 1. The van der Waals surface area contributed by atoms with Crippen LogP contribution in [0.25, 0.3) is 0 Å². The molecule has 0 fully saturated rings. The van der Waals surface area contributed by atoms with Gasteiger partial charge in [0.05, 0.1) is 18.8 Å². The van der Waals surface area contributed by atoms with Crippen LogP contribution < -0.4 is 0 Å². The molecule has 0 radical (unpaired) electrons. The summed E-state index contributed by atoms with van der Waals surface area (Å²) in [5.41, 5.74) is 3.52. The van der Waals surface area contributed by atoms with Crippen molar-refractivity contribution >= 4 is 11.6 Å². The SMILES string of the molecule is OC(Cc1ccccc1Cl)CC1OCCc2ccccc21. The Bertz CT molecular complexity index is 612. The number of halogens is 1. The first-order valence-corrected chi connectivity index (χ1v) is 7.72. The quantitative estimate of drug-likeness (QED) is 0.926. The highest BCUT2D eigenvalue weighted by Crippen LogP contribution is 2.31. The van der Waals surface area contributed by atoms with Gasteiger partial charge in [0.15, 0.2) is 0 Å². The molecular weight excluding hydrogens is 284 g/mol. The van der Waals surface area contributed by atoms with Gasteiger partial charge in [0.1, 0.15) is 0 Å². The highest BCUT2D eigenvalue weighted by atomic mass is 35.5. The van der Waals surface area contributed by atoms with Crippen molar-refractivity contribution in [2.75, 3.05) is 6.61 Å². The molecule has 2 aromatic rings. The minimum Gasteiger partial charge on any atom is -0.393 e. The molecule has 2 atom stereocenters. The van der Waals surface area contributed by atoms with Gasteiger partial charge in [0.2, 0.25) is 0 Å². The van der Waals surface area contributed by atoms with E-state index in [-0.39, 0.29) is 6.10 Å². The lowest BCUT2D eigenvalue weighted by Gasteiger charge is -2.27. The fourth-order valence-electron chi connectivity index (χ4n) is 2.92. The molecule has 0 bridgehead atoms. The maximum Gasteiger partial charge on any atom is 0.0852 e. The average Bonchev–Trinajstić information content (AvgIpc) is 2.50. The van der Waals surface area contributed by atoms with Crippen molar-refractivity contribution in [3.8, 4) is 0 Å². The minimum absolute atomic E-state index is 0.0209. The lowest BCUT2D eigenvalue weighted by atomic mass is 9.93. The van der Waals surface area contributed by atoms with Crippen LogP contribution in [0.2, 0.25) is 5.02 Å². The zero-order chi connectivity index (χ0) is 14.7. The average molecular weight is 303 g/mol. The first kappa shape index (κ1) is 14.6. The summed E-state index contributed by atoms with van der Waals surface area (Å²) < 4.78 is 5.85. The molecule has 2 nitrogen and oxygen atoms in total. The molecule has 0 amide bonds.